The average Bonchev–Trinajstić information content (AvgIpc) is 2.74. The van der Waals surface area contributed by atoms with Crippen LogP contribution in [0, 0.1) is 0 Å². The number of halogens is 1. The lowest BCUT2D eigenvalue weighted by atomic mass is 9.95. The van der Waals surface area contributed by atoms with Gasteiger partial charge in [-0.2, -0.15) is 5.43 Å². The van der Waals surface area contributed by atoms with Crippen molar-refractivity contribution in [1.82, 2.24) is 5.43 Å². The summed E-state index contributed by atoms with van der Waals surface area (Å²) in [5, 5.41) is 0.364. The topological polar surface area (TPSA) is 69.2 Å². The van der Waals surface area contributed by atoms with Gasteiger partial charge in [0.25, 0.3) is 11.3 Å². The van der Waals surface area contributed by atoms with Crippen LogP contribution in [0.5, 0.6) is 0 Å². The molecule has 1 heterocycles. The van der Waals surface area contributed by atoms with Crippen molar-refractivity contribution in [2.45, 2.75) is 56.6 Å². The highest BCUT2D eigenvalue weighted by atomic mass is 35.5. The molecule has 0 aromatic heterocycles. The first-order valence-corrected chi connectivity index (χ1v) is 12.4. The van der Waals surface area contributed by atoms with Crippen LogP contribution in [0.25, 0.3) is 0 Å². The number of nitrogens with zero attached hydrogens (tertiary/aromatic N) is 1. The fraction of sp³-hybridized carbons (Fsp3) is 0.417. The summed E-state index contributed by atoms with van der Waals surface area (Å²) in [5.74, 6) is 0.333. The van der Waals surface area contributed by atoms with Gasteiger partial charge < -0.3 is 4.55 Å². The van der Waals surface area contributed by atoms with Gasteiger partial charge in [-0.15, -0.1) is 4.59 Å². The first kappa shape index (κ1) is 23.8. The molecule has 0 radical (unpaired) electrons. The Bertz CT molecular complexity index is 911. The molecule has 4 atom stereocenters. The molecule has 1 saturated heterocycles. The minimum Gasteiger partial charge on any atom is -0.611 e. The third-order valence-corrected chi connectivity index (χ3v) is 8.03. The molecule has 2 aromatic carbocycles. The summed E-state index contributed by atoms with van der Waals surface area (Å²) in [6.07, 6.45) is 2.79. The van der Waals surface area contributed by atoms with Crippen molar-refractivity contribution in [2.75, 3.05) is 6.54 Å². The van der Waals surface area contributed by atoms with E-state index in [2.05, 4.69) is 12.3 Å². The normalized spacial score (nSPS) is 22.5. The maximum absolute atomic E-state index is 13.1. The number of hydrogen-bond acceptors (Lipinski definition) is 3. The summed E-state index contributed by atoms with van der Waals surface area (Å²) in [7, 11) is 0. The van der Waals surface area contributed by atoms with E-state index >= 15 is 0 Å². The maximum atomic E-state index is 13.1. The molecular formula is C24H30ClN2O3S+. The van der Waals surface area contributed by atoms with E-state index in [-0.39, 0.29) is 22.8 Å². The highest BCUT2D eigenvalue weighted by Gasteiger charge is 2.63. The molecule has 166 valence electrons. The van der Waals surface area contributed by atoms with Gasteiger partial charge in [0.2, 0.25) is 0 Å². The second kappa shape index (κ2) is 10.6. The molecule has 3 rings (SSSR count). The molecule has 1 aliphatic heterocycles. The van der Waals surface area contributed by atoms with E-state index in [0.717, 1.165) is 35.4 Å². The summed E-state index contributed by atoms with van der Waals surface area (Å²) < 4.78 is 12.9. The van der Waals surface area contributed by atoms with E-state index in [1.807, 2.05) is 54.6 Å². The summed E-state index contributed by atoms with van der Waals surface area (Å²) in [4.78, 5) is 24.6. The number of benzene rings is 2. The quantitative estimate of drug-likeness (QED) is 0.241. The lowest BCUT2D eigenvalue weighted by molar-refractivity contribution is -0.925. The Morgan fingerprint density at radius 3 is 2.52 bits per heavy atom. The van der Waals surface area contributed by atoms with Crippen molar-refractivity contribution in [1.29, 1.82) is 0 Å². The van der Waals surface area contributed by atoms with E-state index in [9.17, 15) is 14.1 Å². The van der Waals surface area contributed by atoms with Crippen molar-refractivity contribution >= 4 is 34.6 Å². The summed E-state index contributed by atoms with van der Waals surface area (Å²) in [6, 6.07) is 17.5. The van der Waals surface area contributed by atoms with Crippen molar-refractivity contribution in [3.05, 3.63) is 70.7 Å². The first-order valence-electron chi connectivity index (χ1n) is 10.7. The van der Waals surface area contributed by atoms with Gasteiger partial charge in [-0.05, 0) is 36.8 Å². The third kappa shape index (κ3) is 5.69. The Labute approximate surface area is 192 Å². The van der Waals surface area contributed by atoms with E-state index < -0.39 is 16.5 Å². The second-order valence-electron chi connectivity index (χ2n) is 8.24. The predicted molar refractivity (Wildman–Crippen MR) is 124 cm³/mol. The van der Waals surface area contributed by atoms with E-state index in [1.165, 1.54) is 6.92 Å². The number of carbonyl (C=O) groups excluding carboxylic acids is 2. The predicted octanol–water partition coefficient (Wildman–Crippen LogP) is 4.69. The van der Waals surface area contributed by atoms with E-state index in [4.69, 9.17) is 11.6 Å². The van der Waals surface area contributed by atoms with Crippen LogP contribution in [-0.2, 0) is 26.5 Å². The number of amides is 2. The van der Waals surface area contributed by atoms with Crippen LogP contribution in [0.2, 0.25) is 5.02 Å². The van der Waals surface area contributed by atoms with Gasteiger partial charge in [-0.25, -0.2) is 4.79 Å². The Morgan fingerprint density at radius 1 is 1.19 bits per heavy atom. The molecule has 0 saturated carbocycles. The second-order valence-corrected chi connectivity index (χ2v) is 10.2. The first-order chi connectivity index (χ1) is 14.8. The number of β-lactam (4-membered cyclic amide) rings is 1. The fourth-order valence-electron chi connectivity index (χ4n) is 4.23. The Hall–Kier alpha value is -1.86. The molecular weight excluding hydrogens is 432 g/mol. The van der Waals surface area contributed by atoms with Gasteiger partial charge in [-0.3, -0.25) is 4.79 Å². The Kier molecular flexibility index (Phi) is 8.17. The standard InChI is InChI=1S/C24H29ClN2O3S/c1-18(21-13-6-7-14-22(21)25)10-8-9-15-27(26-19(2)28)23(29)16-24(27)31(30)17-20-11-4-3-5-12-20/h3-7,11-14,18,24H,8-10,15-17H2,1-2H3/p+1. The number of quaternary nitrogens is 1. The van der Waals surface area contributed by atoms with Gasteiger partial charge in [0, 0.05) is 28.7 Å². The van der Waals surface area contributed by atoms with Crippen LogP contribution in [0.1, 0.15) is 56.6 Å². The molecule has 1 N–H and O–H groups in total. The van der Waals surface area contributed by atoms with Crippen LogP contribution >= 0.6 is 11.6 Å². The minimum atomic E-state index is -1.26. The highest BCUT2D eigenvalue weighted by molar-refractivity contribution is 7.91. The molecule has 0 spiro atoms. The van der Waals surface area contributed by atoms with Gasteiger partial charge in [0.05, 0.1) is 0 Å². The number of carbonyl (C=O) groups is 2. The lowest BCUT2D eigenvalue weighted by Gasteiger charge is -2.46. The Balaban J connectivity index is 1.62. The monoisotopic (exact) mass is 461 g/mol. The van der Waals surface area contributed by atoms with Gasteiger partial charge in [0.1, 0.15) is 12.3 Å². The number of nitrogens with one attached hydrogen (secondary N) is 1. The zero-order chi connectivity index (χ0) is 22.4. The molecule has 31 heavy (non-hydrogen) atoms. The van der Waals surface area contributed by atoms with Crippen LogP contribution in [0.4, 0.5) is 0 Å². The summed E-state index contributed by atoms with van der Waals surface area (Å²) in [6.45, 7) is 4.01. The average molecular weight is 462 g/mol. The molecule has 2 aromatic rings. The van der Waals surface area contributed by atoms with E-state index in [0.29, 0.717) is 18.2 Å². The largest absolute Gasteiger partial charge is 0.611 e. The number of rotatable bonds is 10. The molecule has 1 aliphatic rings. The molecule has 1 fully saturated rings. The highest BCUT2D eigenvalue weighted by Crippen LogP contribution is 2.35. The van der Waals surface area contributed by atoms with Crippen LogP contribution in [-0.4, -0.2) is 32.9 Å². The molecule has 7 heteroatoms. The lowest BCUT2D eigenvalue weighted by Crippen LogP contribution is -2.78. The van der Waals surface area contributed by atoms with Crippen molar-refractivity contribution in [3.63, 3.8) is 0 Å². The molecule has 0 bridgehead atoms. The fourth-order valence-corrected chi connectivity index (χ4v) is 6.27. The van der Waals surface area contributed by atoms with Gasteiger partial charge in [-0.1, -0.05) is 67.1 Å². The third-order valence-electron chi connectivity index (χ3n) is 5.93. The number of hydrogen-bond donors (Lipinski definition) is 1. The Morgan fingerprint density at radius 2 is 1.87 bits per heavy atom. The summed E-state index contributed by atoms with van der Waals surface area (Å²) >= 11 is 5.04. The van der Waals surface area contributed by atoms with Gasteiger partial charge in [0.15, 0.2) is 6.42 Å². The van der Waals surface area contributed by atoms with E-state index in [1.54, 1.807) is 0 Å². The maximum Gasteiger partial charge on any atom is 0.353 e. The smallest absolute Gasteiger partial charge is 0.353 e. The van der Waals surface area contributed by atoms with Crippen molar-refractivity contribution in [2.24, 2.45) is 0 Å². The molecule has 4 unspecified atom stereocenters. The molecule has 0 aliphatic carbocycles. The zero-order valence-electron chi connectivity index (χ0n) is 18.1. The van der Waals surface area contributed by atoms with Gasteiger partial charge >= 0.3 is 5.91 Å². The van der Waals surface area contributed by atoms with Crippen LogP contribution < -0.4 is 5.43 Å². The van der Waals surface area contributed by atoms with Crippen molar-refractivity contribution in [3.8, 4) is 0 Å². The van der Waals surface area contributed by atoms with Crippen LogP contribution in [0.15, 0.2) is 54.6 Å². The van der Waals surface area contributed by atoms with Crippen molar-refractivity contribution < 1.29 is 18.7 Å². The number of likely N-dealkylation sites (tertiary alicyclic amines) is 1. The summed E-state index contributed by atoms with van der Waals surface area (Å²) in [5.41, 5.74) is 4.91. The van der Waals surface area contributed by atoms with Crippen LogP contribution in [0.3, 0.4) is 0 Å². The molecule has 2 amide bonds. The minimum absolute atomic E-state index is 0.0687. The SMILES string of the molecule is CC(=O)N[N+]1(CCCCC(C)c2ccccc2Cl)C(=O)CC1[S+]([O-])Cc1ccccc1. The number of unbranched alkanes of at least 4 members (excludes halogenated alkanes) is 1. The molecule has 5 nitrogen and oxygen atoms in total. The zero-order valence-corrected chi connectivity index (χ0v) is 19.6.